The Labute approximate surface area is 99.8 Å². The Hall–Kier alpha value is 0.310. The Morgan fingerprint density at radius 3 is 2.07 bits per heavy atom. The normalized spacial score (nSPS) is 26.2. The first-order valence-electron chi connectivity index (χ1n) is 6.32. The van der Waals surface area contributed by atoms with Gasteiger partial charge in [0.2, 0.25) is 0 Å². The Bertz CT molecular complexity index is 169. The highest BCUT2D eigenvalue weighted by atomic mass is 32.2. The lowest BCUT2D eigenvalue weighted by Gasteiger charge is -2.42. The fourth-order valence-corrected chi connectivity index (χ4v) is 4.25. The third-order valence-electron chi connectivity index (χ3n) is 2.89. The van der Waals surface area contributed by atoms with Gasteiger partial charge >= 0.3 is 0 Å². The molecule has 0 saturated carbocycles. The van der Waals surface area contributed by atoms with Gasteiger partial charge in [-0.1, -0.05) is 34.6 Å². The standard InChI is InChI=1S/C13H27NS/c1-10(2)6-13(7-11(3)4)14-8-12(5)9-15-13/h10-12,14H,6-9H2,1-5H3. The minimum absolute atomic E-state index is 0.370. The number of thioether (sulfide) groups is 1. The van der Waals surface area contributed by atoms with Crippen molar-refractivity contribution in [1.29, 1.82) is 0 Å². The van der Waals surface area contributed by atoms with E-state index in [0.29, 0.717) is 4.87 Å². The average molecular weight is 229 g/mol. The fraction of sp³-hybridized carbons (Fsp3) is 1.00. The monoisotopic (exact) mass is 229 g/mol. The van der Waals surface area contributed by atoms with Crippen molar-refractivity contribution < 1.29 is 0 Å². The molecule has 0 aromatic rings. The third-order valence-corrected chi connectivity index (χ3v) is 4.66. The maximum Gasteiger partial charge on any atom is 0.0650 e. The van der Waals surface area contributed by atoms with Crippen molar-refractivity contribution in [2.24, 2.45) is 17.8 Å². The van der Waals surface area contributed by atoms with E-state index in [1.54, 1.807) is 0 Å². The van der Waals surface area contributed by atoms with Crippen molar-refractivity contribution in [3.05, 3.63) is 0 Å². The molecule has 1 atom stereocenters. The summed E-state index contributed by atoms with van der Waals surface area (Å²) in [6, 6.07) is 0. The van der Waals surface area contributed by atoms with E-state index in [9.17, 15) is 0 Å². The summed E-state index contributed by atoms with van der Waals surface area (Å²) in [5.74, 6) is 3.74. The summed E-state index contributed by atoms with van der Waals surface area (Å²) in [5, 5.41) is 3.81. The van der Waals surface area contributed by atoms with E-state index in [4.69, 9.17) is 0 Å². The molecule has 90 valence electrons. The van der Waals surface area contributed by atoms with Gasteiger partial charge in [0.05, 0.1) is 4.87 Å². The molecular formula is C13H27NS. The van der Waals surface area contributed by atoms with Crippen LogP contribution in [0.5, 0.6) is 0 Å². The molecule has 0 bridgehead atoms. The molecule has 0 spiro atoms. The van der Waals surface area contributed by atoms with Crippen molar-refractivity contribution in [3.63, 3.8) is 0 Å². The Morgan fingerprint density at radius 1 is 1.20 bits per heavy atom. The van der Waals surface area contributed by atoms with Gasteiger partial charge in [-0.05, 0) is 42.9 Å². The highest BCUT2D eigenvalue weighted by molar-refractivity contribution is 8.00. The Morgan fingerprint density at radius 2 is 1.73 bits per heavy atom. The van der Waals surface area contributed by atoms with Gasteiger partial charge < -0.3 is 5.32 Å². The summed E-state index contributed by atoms with van der Waals surface area (Å²) in [4.78, 5) is 0.370. The van der Waals surface area contributed by atoms with Gasteiger partial charge in [-0.25, -0.2) is 0 Å². The van der Waals surface area contributed by atoms with E-state index in [-0.39, 0.29) is 0 Å². The lowest BCUT2D eigenvalue weighted by atomic mass is 9.94. The fourth-order valence-electron chi connectivity index (χ4n) is 2.44. The van der Waals surface area contributed by atoms with Crippen molar-refractivity contribution in [3.8, 4) is 0 Å². The third kappa shape index (κ3) is 4.36. The first kappa shape index (κ1) is 13.4. The molecule has 1 aliphatic heterocycles. The summed E-state index contributed by atoms with van der Waals surface area (Å²) in [5.41, 5.74) is 0. The maximum atomic E-state index is 3.81. The highest BCUT2D eigenvalue weighted by Crippen LogP contribution is 2.39. The molecule has 0 aliphatic carbocycles. The van der Waals surface area contributed by atoms with Crippen LogP contribution >= 0.6 is 11.8 Å². The molecule has 1 saturated heterocycles. The second-order valence-corrected chi connectivity index (χ2v) is 7.39. The van der Waals surface area contributed by atoms with Gasteiger partial charge in [0.1, 0.15) is 0 Å². The number of rotatable bonds is 4. The van der Waals surface area contributed by atoms with Crippen molar-refractivity contribution in [1.82, 2.24) is 5.32 Å². The molecule has 1 heterocycles. The molecule has 1 aliphatic rings. The minimum atomic E-state index is 0.370. The summed E-state index contributed by atoms with van der Waals surface area (Å²) >= 11 is 2.16. The van der Waals surface area contributed by atoms with Gasteiger partial charge in [-0.15, -0.1) is 11.8 Å². The Balaban J connectivity index is 2.60. The first-order chi connectivity index (χ1) is 6.93. The lowest BCUT2D eigenvalue weighted by Crippen LogP contribution is -2.50. The summed E-state index contributed by atoms with van der Waals surface area (Å²) < 4.78 is 0. The zero-order valence-electron chi connectivity index (χ0n) is 11.0. The molecule has 1 unspecified atom stereocenters. The molecule has 1 N–H and O–H groups in total. The van der Waals surface area contributed by atoms with E-state index in [2.05, 4.69) is 51.7 Å². The van der Waals surface area contributed by atoms with Crippen molar-refractivity contribution >= 4 is 11.8 Å². The zero-order chi connectivity index (χ0) is 11.5. The van der Waals surface area contributed by atoms with Crippen LogP contribution in [0.2, 0.25) is 0 Å². The quantitative estimate of drug-likeness (QED) is 0.788. The molecule has 1 fully saturated rings. The maximum absolute atomic E-state index is 3.81. The van der Waals surface area contributed by atoms with Crippen LogP contribution in [0.25, 0.3) is 0 Å². The van der Waals surface area contributed by atoms with E-state index < -0.39 is 0 Å². The van der Waals surface area contributed by atoms with Crippen LogP contribution in [0.3, 0.4) is 0 Å². The summed E-state index contributed by atoms with van der Waals surface area (Å²) in [6.45, 7) is 12.9. The van der Waals surface area contributed by atoms with Crippen LogP contribution in [0, 0.1) is 17.8 Å². The average Bonchev–Trinajstić information content (AvgIpc) is 2.08. The first-order valence-corrected chi connectivity index (χ1v) is 7.31. The van der Waals surface area contributed by atoms with Gasteiger partial charge in [0.25, 0.3) is 0 Å². The molecule has 1 rings (SSSR count). The van der Waals surface area contributed by atoms with Crippen LogP contribution in [0.1, 0.15) is 47.5 Å². The predicted molar refractivity (Wildman–Crippen MR) is 71.3 cm³/mol. The molecule has 1 nitrogen and oxygen atoms in total. The largest absolute Gasteiger partial charge is 0.302 e. The molecule has 0 radical (unpaired) electrons. The smallest absolute Gasteiger partial charge is 0.0650 e. The molecular weight excluding hydrogens is 202 g/mol. The van der Waals surface area contributed by atoms with Gasteiger partial charge in [-0.2, -0.15) is 0 Å². The van der Waals surface area contributed by atoms with E-state index >= 15 is 0 Å². The molecule has 0 amide bonds. The lowest BCUT2D eigenvalue weighted by molar-refractivity contribution is 0.302. The van der Waals surface area contributed by atoms with Gasteiger partial charge in [0.15, 0.2) is 0 Å². The number of nitrogens with one attached hydrogen (secondary N) is 1. The predicted octanol–water partition coefficient (Wildman–Crippen LogP) is 3.75. The Kier molecular flexibility index (Phi) is 4.98. The van der Waals surface area contributed by atoms with E-state index in [1.807, 2.05) is 0 Å². The van der Waals surface area contributed by atoms with Gasteiger partial charge in [-0.3, -0.25) is 0 Å². The summed E-state index contributed by atoms with van der Waals surface area (Å²) in [6.07, 6.45) is 2.62. The van der Waals surface area contributed by atoms with Crippen LogP contribution in [-0.4, -0.2) is 17.2 Å². The highest BCUT2D eigenvalue weighted by Gasteiger charge is 2.35. The SMILES string of the molecule is CC(C)CC1(CC(C)C)NCC(C)CS1. The molecule has 15 heavy (non-hydrogen) atoms. The van der Waals surface area contributed by atoms with Crippen LogP contribution in [0.15, 0.2) is 0 Å². The second-order valence-electron chi connectivity index (χ2n) is 5.99. The molecule has 0 aromatic carbocycles. The van der Waals surface area contributed by atoms with Crippen LogP contribution < -0.4 is 5.32 Å². The summed E-state index contributed by atoms with van der Waals surface area (Å²) in [7, 11) is 0. The minimum Gasteiger partial charge on any atom is -0.302 e. The van der Waals surface area contributed by atoms with E-state index in [1.165, 1.54) is 25.1 Å². The molecule has 0 aromatic heterocycles. The zero-order valence-corrected chi connectivity index (χ0v) is 11.8. The molecule has 2 heteroatoms. The number of hydrogen-bond donors (Lipinski definition) is 1. The number of hydrogen-bond acceptors (Lipinski definition) is 2. The van der Waals surface area contributed by atoms with Crippen molar-refractivity contribution in [2.45, 2.75) is 52.3 Å². The van der Waals surface area contributed by atoms with E-state index in [0.717, 1.165) is 17.8 Å². The van der Waals surface area contributed by atoms with Crippen molar-refractivity contribution in [2.75, 3.05) is 12.3 Å². The second kappa shape index (κ2) is 5.58. The van der Waals surface area contributed by atoms with Crippen LogP contribution in [-0.2, 0) is 0 Å². The van der Waals surface area contributed by atoms with Crippen LogP contribution in [0.4, 0.5) is 0 Å². The van der Waals surface area contributed by atoms with Gasteiger partial charge in [0, 0.05) is 0 Å². The topological polar surface area (TPSA) is 12.0 Å².